The van der Waals surface area contributed by atoms with E-state index in [1.807, 2.05) is 32.4 Å². The van der Waals surface area contributed by atoms with E-state index in [4.69, 9.17) is 0 Å². The molecule has 1 atom stereocenters. The minimum Gasteiger partial charge on any atom is -0.389 e. The number of sulfonamides is 1. The van der Waals surface area contributed by atoms with Crippen LogP contribution in [0.2, 0.25) is 0 Å². The minimum atomic E-state index is -4.14. The fraction of sp³-hybridized carbons (Fsp3) is 0.364. The van der Waals surface area contributed by atoms with Gasteiger partial charge in [0.25, 0.3) is 10.0 Å². The second-order valence-electron chi connectivity index (χ2n) is 7.76. The molecule has 0 saturated carbocycles. The van der Waals surface area contributed by atoms with Gasteiger partial charge in [-0.25, -0.2) is 17.9 Å². The Balaban J connectivity index is 2.38. The fourth-order valence-electron chi connectivity index (χ4n) is 3.07. The summed E-state index contributed by atoms with van der Waals surface area (Å²) in [5.74, 6) is 0.0101. The third kappa shape index (κ3) is 5.38. The molecule has 0 aromatic heterocycles. The van der Waals surface area contributed by atoms with Crippen LogP contribution in [0, 0.1) is 11.3 Å². The number of benzene rings is 2. The molecule has 7 nitrogen and oxygen atoms in total. The lowest BCUT2D eigenvalue weighted by atomic mass is 9.90. The van der Waals surface area contributed by atoms with E-state index in [-0.39, 0.29) is 16.7 Å². The van der Waals surface area contributed by atoms with Crippen molar-refractivity contribution in [1.82, 2.24) is 4.72 Å². The van der Waals surface area contributed by atoms with Crippen LogP contribution in [0.3, 0.4) is 0 Å². The van der Waals surface area contributed by atoms with Crippen molar-refractivity contribution in [1.29, 1.82) is 5.26 Å². The number of urea groups is 1. The highest BCUT2D eigenvalue weighted by atomic mass is 32.2. The van der Waals surface area contributed by atoms with Crippen molar-refractivity contribution in [2.24, 2.45) is 0 Å². The number of rotatable bonds is 6. The highest BCUT2D eigenvalue weighted by molar-refractivity contribution is 7.90. The summed E-state index contributed by atoms with van der Waals surface area (Å²) in [4.78, 5) is 12.5. The van der Waals surface area contributed by atoms with E-state index >= 15 is 0 Å². The summed E-state index contributed by atoms with van der Waals surface area (Å²) in [6.07, 6.45) is -0.838. The van der Waals surface area contributed by atoms with Crippen molar-refractivity contribution < 1.29 is 18.3 Å². The average Bonchev–Trinajstić information content (AvgIpc) is 2.67. The molecule has 0 aliphatic heterocycles. The number of nitriles is 1. The SMILES string of the molecule is CC(C)c1cc(C#N)cc(C(C)C)c1NC(=O)NS(=O)(=O)c1cccc(C(C)O)c1. The smallest absolute Gasteiger partial charge is 0.333 e. The number of nitrogens with one attached hydrogen (secondary N) is 2. The molecule has 0 aliphatic rings. The quantitative estimate of drug-likeness (QED) is 0.630. The zero-order chi connectivity index (χ0) is 22.6. The van der Waals surface area contributed by atoms with Crippen molar-refractivity contribution in [3.8, 4) is 6.07 Å². The van der Waals surface area contributed by atoms with Crippen molar-refractivity contribution >= 4 is 21.7 Å². The van der Waals surface area contributed by atoms with Crippen LogP contribution in [0.1, 0.15) is 74.8 Å². The summed E-state index contributed by atoms with van der Waals surface area (Å²) >= 11 is 0. The molecular weight excluding hydrogens is 402 g/mol. The Morgan fingerprint density at radius 3 is 2.07 bits per heavy atom. The molecule has 3 N–H and O–H groups in total. The second-order valence-corrected chi connectivity index (χ2v) is 9.44. The molecule has 0 spiro atoms. The van der Waals surface area contributed by atoms with Gasteiger partial charge in [-0.3, -0.25) is 0 Å². The van der Waals surface area contributed by atoms with Gasteiger partial charge in [0.1, 0.15) is 0 Å². The zero-order valence-corrected chi connectivity index (χ0v) is 18.5. The lowest BCUT2D eigenvalue weighted by Crippen LogP contribution is -2.35. The molecule has 0 fully saturated rings. The van der Waals surface area contributed by atoms with Crippen LogP contribution in [0.25, 0.3) is 0 Å². The summed E-state index contributed by atoms with van der Waals surface area (Å²) < 4.78 is 27.3. The Labute approximate surface area is 177 Å². The van der Waals surface area contributed by atoms with Crippen molar-refractivity contribution in [3.05, 3.63) is 58.7 Å². The largest absolute Gasteiger partial charge is 0.389 e. The molecule has 0 saturated heterocycles. The van der Waals surface area contributed by atoms with Crippen LogP contribution in [-0.2, 0) is 10.0 Å². The first kappa shape index (κ1) is 23.4. The van der Waals surface area contributed by atoms with Gasteiger partial charge in [0.05, 0.1) is 22.6 Å². The number of anilines is 1. The molecule has 2 rings (SSSR count). The van der Waals surface area contributed by atoms with Crippen LogP contribution in [0.4, 0.5) is 10.5 Å². The third-order valence-corrected chi connectivity index (χ3v) is 6.02. The monoisotopic (exact) mass is 429 g/mol. The molecule has 8 heteroatoms. The Hall–Kier alpha value is -2.89. The number of aliphatic hydroxyl groups excluding tert-OH is 1. The van der Waals surface area contributed by atoms with Crippen LogP contribution in [0.15, 0.2) is 41.3 Å². The maximum Gasteiger partial charge on any atom is 0.333 e. The predicted molar refractivity (Wildman–Crippen MR) is 116 cm³/mol. The number of carbonyl (C=O) groups excluding carboxylic acids is 1. The van der Waals surface area contributed by atoms with Gasteiger partial charge in [0.15, 0.2) is 0 Å². The first-order chi connectivity index (χ1) is 14.0. The van der Waals surface area contributed by atoms with Gasteiger partial charge < -0.3 is 10.4 Å². The normalized spacial score (nSPS) is 12.5. The number of carbonyl (C=O) groups is 1. The van der Waals surface area contributed by atoms with E-state index in [0.29, 0.717) is 16.8 Å². The lowest BCUT2D eigenvalue weighted by molar-refractivity contribution is 0.199. The van der Waals surface area contributed by atoms with Crippen LogP contribution in [-0.4, -0.2) is 19.6 Å². The summed E-state index contributed by atoms with van der Waals surface area (Å²) in [5.41, 5.74) is 2.91. The molecule has 2 amide bonds. The molecule has 1 unspecified atom stereocenters. The Bertz CT molecular complexity index is 1050. The molecule has 0 radical (unpaired) electrons. The molecule has 30 heavy (non-hydrogen) atoms. The van der Waals surface area contributed by atoms with E-state index in [9.17, 15) is 23.6 Å². The zero-order valence-electron chi connectivity index (χ0n) is 17.7. The Morgan fingerprint density at radius 2 is 1.60 bits per heavy atom. The van der Waals surface area contributed by atoms with Crippen LogP contribution < -0.4 is 10.0 Å². The van der Waals surface area contributed by atoms with Crippen LogP contribution in [0.5, 0.6) is 0 Å². The van der Waals surface area contributed by atoms with Crippen LogP contribution >= 0.6 is 0 Å². The lowest BCUT2D eigenvalue weighted by Gasteiger charge is -2.21. The molecule has 2 aromatic carbocycles. The Morgan fingerprint density at radius 1 is 1.03 bits per heavy atom. The first-order valence-electron chi connectivity index (χ1n) is 9.66. The topological polar surface area (TPSA) is 119 Å². The van der Waals surface area contributed by atoms with Crippen molar-refractivity contribution in [2.45, 2.75) is 57.5 Å². The van der Waals surface area contributed by atoms with E-state index in [1.165, 1.54) is 25.1 Å². The van der Waals surface area contributed by atoms with E-state index in [2.05, 4.69) is 11.4 Å². The summed E-state index contributed by atoms with van der Waals surface area (Å²) in [6, 6.07) is 10.4. The van der Waals surface area contributed by atoms with Gasteiger partial charge in [-0.2, -0.15) is 5.26 Å². The summed E-state index contributed by atoms with van der Waals surface area (Å²) in [5, 5.41) is 21.7. The van der Waals surface area contributed by atoms with Crippen molar-refractivity contribution in [2.75, 3.05) is 5.32 Å². The number of amides is 2. The van der Waals surface area contributed by atoms with Gasteiger partial charge in [-0.15, -0.1) is 0 Å². The number of hydrogen-bond acceptors (Lipinski definition) is 5. The van der Waals surface area contributed by atoms with Gasteiger partial charge in [0.2, 0.25) is 0 Å². The summed E-state index contributed by atoms with van der Waals surface area (Å²) in [7, 11) is -4.14. The summed E-state index contributed by atoms with van der Waals surface area (Å²) in [6.45, 7) is 9.26. The molecule has 2 aromatic rings. The molecule has 160 valence electrons. The molecule has 0 aliphatic carbocycles. The number of hydrogen-bond donors (Lipinski definition) is 3. The van der Waals surface area contributed by atoms with Gasteiger partial charge in [-0.05, 0) is 59.7 Å². The maximum atomic E-state index is 12.6. The fourth-order valence-corrected chi connectivity index (χ4v) is 4.03. The standard InChI is InChI=1S/C22H27N3O4S/c1-13(2)19-9-16(12-23)10-20(14(3)4)21(19)24-22(27)25-30(28,29)18-8-6-7-17(11-18)15(5)26/h6-11,13-15,26H,1-5H3,(H2,24,25,27). The number of nitrogens with zero attached hydrogens (tertiary/aromatic N) is 1. The van der Waals surface area contributed by atoms with Gasteiger partial charge >= 0.3 is 6.03 Å². The average molecular weight is 430 g/mol. The number of aliphatic hydroxyl groups is 1. The van der Waals surface area contributed by atoms with E-state index < -0.39 is 22.2 Å². The molecular formula is C22H27N3O4S. The second kappa shape index (κ2) is 9.28. The van der Waals surface area contributed by atoms with Gasteiger partial charge in [0, 0.05) is 5.69 Å². The Kier molecular flexibility index (Phi) is 7.24. The van der Waals surface area contributed by atoms with Crippen molar-refractivity contribution in [3.63, 3.8) is 0 Å². The minimum absolute atomic E-state index is 0.00503. The van der Waals surface area contributed by atoms with E-state index in [1.54, 1.807) is 18.2 Å². The highest BCUT2D eigenvalue weighted by Crippen LogP contribution is 2.34. The first-order valence-corrected chi connectivity index (χ1v) is 11.1. The molecule has 0 bridgehead atoms. The maximum absolute atomic E-state index is 12.6. The third-order valence-electron chi connectivity index (χ3n) is 4.69. The van der Waals surface area contributed by atoms with E-state index in [0.717, 1.165) is 11.1 Å². The van der Waals surface area contributed by atoms with Gasteiger partial charge in [-0.1, -0.05) is 39.8 Å². The highest BCUT2D eigenvalue weighted by Gasteiger charge is 2.22. The molecule has 0 heterocycles. The predicted octanol–water partition coefficient (Wildman–Crippen LogP) is 4.37.